The van der Waals surface area contributed by atoms with Crippen LogP contribution in [0.3, 0.4) is 0 Å². The smallest absolute Gasteiger partial charge is 0.253 e. The number of amides is 1. The average molecular weight is 261 g/mol. The van der Waals surface area contributed by atoms with Gasteiger partial charge in [-0.3, -0.25) is 4.79 Å². The second-order valence-electron chi connectivity index (χ2n) is 4.42. The molecular weight excluding hydrogens is 250 g/mol. The van der Waals surface area contributed by atoms with Gasteiger partial charge >= 0.3 is 0 Å². The van der Waals surface area contributed by atoms with E-state index in [2.05, 4.69) is 9.95 Å². The molecule has 1 heterocycles. The Morgan fingerprint density at radius 3 is 2.40 bits per heavy atom. The number of para-hydroxylation sites is 1. The summed E-state index contributed by atoms with van der Waals surface area (Å²) in [5.74, 6) is -0.0412. The maximum absolute atomic E-state index is 12.0. The largest absolute Gasteiger partial charge is 0.272 e. The number of nitrogens with zero attached hydrogens (tertiary/aromatic N) is 3. The number of hydrogen-bond donors (Lipinski definition) is 0. The molecule has 0 aliphatic carbocycles. The van der Waals surface area contributed by atoms with E-state index in [4.69, 9.17) is 6.57 Å². The minimum atomic E-state index is -0.0412. The highest BCUT2D eigenvalue weighted by Crippen LogP contribution is 2.23. The van der Waals surface area contributed by atoms with E-state index in [-0.39, 0.29) is 12.3 Å². The van der Waals surface area contributed by atoms with Crippen molar-refractivity contribution in [2.24, 2.45) is 5.10 Å². The van der Waals surface area contributed by atoms with Gasteiger partial charge in [-0.1, -0.05) is 42.5 Å². The first-order valence-electron chi connectivity index (χ1n) is 6.21. The first-order chi connectivity index (χ1) is 9.78. The van der Waals surface area contributed by atoms with Gasteiger partial charge in [0.15, 0.2) is 5.69 Å². The van der Waals surface area contributed by atoms with Crippen LogP contribution in [0.15, 0.2) is 59.7 Å². The van der Waals surface area contributed by atoms with E-state index < -0.39 is 0 Å². The number of hydrogen-bond acceptors (Lipinski definition) is 2. The number of carbonyl (C=O) groups excluding carboxylic acids is 1. The molecule has 0 spiro atoms. The number of benzene rings is 2. The molecule has 2 aromatic rings. The number of anilines is 1. The normalized spacial score (nSPS) is 14.1. The van der Waals surface area contributed by atoms with Gasteiger partial charge in [-0.2, -0.15) is 5.10 Å². The van der Waals surface area contributed by atoms with Crippen LogP contribution >= 0.6 is 0 Å². The van der Waals surface area contributed by atoms with Gasteiger partial charge in [-0.25, -0.2) is 9.85 Å². The molecule has 3 rings (SSSR count). The van der Waals surface area contributed by atoms with Gasteiger partial charge in [0.1, 0.15) is 0 Å². The minimum Gasteiger partial charge on any atom is -0.272 e. The monoisotopic (exact) mass is 261 g/mol. The maximum atomic E-state index is 12.0. The van der Waals surface area contributed by atoms with Gasteiger partial charge in [0.2, 0.25) is 0 Å². The molecule has 1 aliphatic rings. The third kappa shape index (κ3) is 2.17. The summed E-state index contributed by atoms with van der Waals surface area (Å²) >= 11 is 0. The summed E-state index contributed by atoms with van der Waals surface area (Å²) < 4.78 is 0. The van der Waals surface area contributed by atoms with Gasteiger partial charge in [0, 0.05) is 0 Å². The van der Waals surface area contributed by atoms with Gasteiger partial charge in [0.25, 0.3) is 5.91 Å². The fourth-order valence-corrected chi connectivity index (χ4v) is 2.09. The fourth-order valence-electron chi connectivity index (χ4n) is 2.09. The number of rotatable bonds is 2. The van der Waals surface area contributed by atoms with Gasteiger partial charge < -0.3 is 0 Å². The second-order valence-corrected chi connectivity index (χ2v) is 4.42. The molecule has 0 N–H and O–H groups in total. The van der Waals surface area contributed by atoms with Crippen LogP contribution < -0.4 is 5.01 Å². The summed E-state index contributed by atoms with van der Waals surface area (Å²) in [6.45, 7) is 6.93. The van der Waals surface area contributed by atoms with Crippen molar-refractivity contribution >= 4 is 23.0 Å². The standard InChI is InChI=1S/C16H11N3O/c1-17-13-9-7-12(8-10-13)15-11-16(20)19(18-15)14-5-3-2-4-6-14/h2-10H,11H2. The zero-order valence-corrected chi connectivity index (χ0v) is 10.7. The summed E-state index contributed by atoms with van der Waals surface area (Å²) in [4.78, 5) is 15.4. The predicted molar refractivity (Wildman–Crippen MR) is 77.8 cm³/mol. The van der Waals surface area contributed by atoms with Crippen molar-refractivity contribution in [3.8, 4) is 0 Å². The first kappa shape index (κ1) is 12.1. The molecule has 1 aliphatic heterocycles. The minimum absolute atomic E-state index is 0.0412. The highest BCUT2D eigenvalue weighted by atomic mass is 16.2. The van der Waals surface area contributed by atoms with Crippen LogP contribution in [0.25, 0.3) is 4.85 Å². The quantitative estimate of drug-likeness (QED) is 0.763. The van der Waals surface area contributed by atoms with Crippen LogP contribution in [0, 0.1) is 6.57 Å². The molecule has 0 atom stereocenters. The van der Waals surface area contributed by atoms with Gasteiger partial charge in [-0.05, 0) is 17.7 Å². The van der Waals surface area contributed by atoms with Crippen LogP contribution in [-0.2, 0) is 4.79 Å². The van der Waals surface area contributed by atoms with Crippen molar-refractivity contribution in [2.75, 3.05) is 5.01 Å². The Morgan fingerprint density at radius 2 is 1.75 bits per heavy atom. The molecule has 96 valence electrons. The van der Waals surface area contributed by atoms with E-state index in [1.807, 2.05) is 42.5 Å². The summed E-state index contributed by atoms with van der Waals surface area (Å²) in [7, 11) is 0. The third-order valence-electron chi connectivity index (χ3n) is 3.11. The Hall–Kier alpha value is -2.93. The lowest BCUT2D eigenvalue weighted by molar-refractivity contribution is -0.116. The molecule has 0 saturated heterocycles. The molecule has 0 fully saturated rings. The van der Waals surface area contributed by atoms with Crippen LogP contribution in [0.5, 0.6) is 0 Å². The Bertz CT molecular complexity index is 712. The summed E-state index contributed by atoms with van der Waals surface area (Å²) in [5.41, 5.74) is 2.96. The lowest BCUT2D eigenvalue weighted by Crippen LogP contribution is -2.19. The molecule has 0 aromatic heterocycles. The van der Waals surface area contributed by atoms with Crippen molar-refractivity contribution < 1.29 is 4.79 Å². The lowest BCUT2D eigenvalue weighted by Gasteiger charge is -2.10. The number of hydrazone groups is 1. The molecule has 2 aromatic carbocycles. The molecule has 0 bridgehead atoms. The average Bonchev–Trinajstić information content (AvgIpc) is 2.90. The topological polar surface area (TPSA) is 37.0 Å². The number of carbonyl (C=O) groups is 1. The van der Waals surface area contributed by atoms with Crippen LogP contribution in [-0.4, -0.2) is 11.6 Å². The fraction of sp³-hybridized carbons (Fsp3) is 0.0625. The van der Waals surface area contributed by atoms with E-state index in [1.54, 1.807) is 12.1 Å². The lowest BCUT2D eigenvalue weighted by atomic mass is 10.1. The highest BCUT2D eigenvalue weighted by Gasteiger charge is 2.25. The van der Waals surface area contributed by atoms with Crippen molar-refractivity contribution in [1.82, 2.24) is 0 Å². The van der Waals surface area contributed by atoms with Crippen LogP contribution in [0.1, 0.15) is 12.0 Å². The second kappa shape index (κ2) is 4.98. The van der Waals surface area contributed by atoms with Crippen LogP contribution in [0.2, 0.25) is 0 Å². The molecule has 0 radical (unpaired) electrons. The Kier molecular flexibility index (Phi) is 3.02. The molecule has 0 saturated carbocycles. The van der Waals surface area contributed by atoms with Gasteiger partial charge in [0.05, 0.1) is 24.4 Å². The molecular formula is C16H11N3O. The Balaban J connectivity index is 1.92. The van der Waals surface area contributed by atoms with Crippen molar-refractivity contribution in [2.45, 2.75) is 6.42 Å². The Morgan fingerprint density at radius 1 is 1.05 bits per heavy atom. The van der Waals surface area contributed by atoms with Crippen LogP contribution in [0.4, 0.5) is 11.4 Å². The summed E-state index contributed by atoms with van der Waals surface area (Å²) in [6, 6.07) is 16.5. The van der Waals surface area contributed by atoms with E-state index in [0.29, 0.717) is 5.69 Å². The predicted octanol–water partition coefficient (Wildman–Crippen LogP) is 3.38. The summed E-state index contributed by atoms with van der Waals surface area (Å²) in [6.07, 6.45) is 0.284. The molecule has 1 amide bonds. The SMILES string of the molecule is [C-]#[N+]c1ccc(C2=NN(c3ccccc3)C(=O)C2)cc1. The molecule has 0 unspecified atom stereocenters. The Labute approximate surface area is 116 Å². The van der Waals surface area contributed by atoms with Crippen molar-refractivity contribution in [3.05, 3.63) is 71.6 Å². The first-order valence-corrected chi connectivity index (χ1v) is 6.21. The van der Waals surface area contributed by atoms with E-state index in [1.165, 1.54) is 5.01 Å². The summed E-state index contributed by atoms with van der Waals surface area (Å²) in [5, 5.41) is 5.82. The molecule has 4 nitrogen and oxygen atoms in total. The van der Waals surface area contributed by atoms with Crippen molar-refractivity contribution in [1.29, 1.82) is 0 Å². The highest BCUT2D eigenvalue weighted by molar-refractivity contribution is 6.19. The van der Waals surface area contributed by atoms with Gasteiger partial charge in [-0.15, -0.1) is 0 Å². The zero-order valence-electron chi connectivity index (χ0n) is 10.7. The maximum Gasteiger partial charge on any atom is 0.253 e. The molecule has 20 heavy (non-hydrogen) atoms. The zero-order chi connectivity index (χ0) is 13.9. The van der Waals surface area contributed by atoms with E-state index in [9.17, 15) is 4.79 Å². The molecule has 4 heteroatoms. The third-order valence-corrected chi connectivity index (χ3v) is 3.11. The van der Waals surface area contributed by atoms with E-state index >= 15 is 0 Å². The van der Waals surface area contributed by atoms with Crippen molar-refractivity contribution in [3.63, 3.8) is 0 Å². The van der Waals surface area contributed by atoms with E-state index in [0.717, 1.165) is 17.0 Å².